The molecule has 0 aliphatic heterocycles. The molecule has 18 heavy (non-hydrogen) atoms. The van der Waals surface area contributed by atoms with Gasteiger partial charge in [-0.05, 0) is 31.0 Å². The fourth-order valence-electron chi connectivity index (χ4n) is 1.64. The summed E-state index contributed by atoms with van der Waals surface area (Å²) in [4.78, 5) is 10.5. The molecule has 100 valence electrons. The highest BCUT2D eigenvalue weighted by atomic mass is 79.9. The van der Waals surface area contributed by atoms with Crippen molar-refractivity contribution in [3.8, 4) is 11.5 Å². The second-order valence-electron chi connectivity index (χ2n) is 4.15. The van der Waals surface area contributed by atoms with Gasteiger partial charge in [-0.1, -0.05) is 35.2 Å². The van der Waals surface area contributed by atoms with Crippen molar-refractivity contribution in [1.29, 1.82) is 0 Å². The fraction of sp³-hybridized carbons (Fsp3) is 0.500. The number of phenolic OH excluding ortho intramolecular Hbond substituents is 1. The second kappa shape index (κ2) is 8.97. The number of alkyl halides is 1. The van der Waals surface area contributed by atoms with E-state index in [1.54, 1.807) is 12.1 Å². The topological polar surface area (TPSA) is 46.5 Å². The zero-order valence-corrected chi connectivity index (χ0v) is 12.0. The monoisotopic (exact) mass is 314 g/mol. The molecule has 0 amide bonds. The first-order valence-corrected chi connectivity index (χ1v) is 7.37. The molecule has 3 nitrogen and oxygen atoms in total. The Kier molecular flexibility index (Phi) is 7.49. The molecular weight excluding hydrogens is 296 g/mol. The van der Waals surface area contributed by atoms with E-state index in [0.29, 0.717) is 24.2 Å². The number of unbranched alkanes of at least 4 members (excludes halogenated alkanes) is 4. The largest absolute Gasteiger partial charge is 0.504 e. The minimum Gasteiger partial charge on any atom is -0.504 e. The van der Waals surface area contributed by atoms with Crippen LogP contribution in [0.25, 0.3) is 0 Å². The number of hydrogen-bond donors (Lipinski definition) is 1. The molecule has 0 atom stereocenters. The third kappa shape index (κ3) is 5.54. The number of benzene rings is 1. The standard InChI is InChI=1S/C14H19BrO3/c15-8-4-2-1-3-5-9-18-14-7-6-12(11-16)10-13(14)17/h6-7,10-11,17H,1-5,8-9H2. The van der Waals surface area contributed by atoms with Gasteiger partial charge in [-0.15, -0.1) is 0 Å². The Hall–Kier alpha value is -1.03. The highest BCUT2D eigenvalue weighted by Gasteiger charge is 2.03. The van der Waals surface area contributed by atoms with Gasteiger partial charge in [-0.25, -0.2) is 0 Å². The van der Waals surface area contributed by atoms with E-state index in [0.717, 1.165) is 18.2 Å². The van der Waals surface area contributed by atoms with E-state index in [2.05, 4.69) is 15.9 Å². The number of rotatable bonds is 9. The van der Waals surface area contributed by atoms with Crippen LogP contribution in [-0.2, 0) is 0 Å². The minimum absolute atomic E-state index is 0.0267. The molecule has 0 heterocycles. The molecule has 1 aromatic carbocycles. The summed E-state index contributed by atoms with van der Waals surface area (Å²) in [5.41, 5.74) is 0.453. The maximum atomic E-state index is 10.5. The van der Waals surface area contributed by atoms with Crippen LogP contribution in [0.1, 0.15) is 42.5 Å². The lowest BCUT2D eigenvalue weighted by Gasteiger charge is -2.08. The Balaban J connectivity index is 2.21. The Labute approximate surface area is 116 Å². The number of halogens is 1. The van der Waals surface area contributed by atoms with Gasteiger partial charge < -0.3 is 9.84 Å². The number of aromatic hydroxyl groups is 1. The third-order valence-electron chi connectivity index (χ3n) is 2.65. The maximum Gasteiger partial charge on any atom is 0.160 e. The van der Waals surface area contributed by atoms with Crippen LogP contribution >= 0.6 is 15.9 Å². The average Bonchev–Trinajstić information content (AvgIpc) is 2.39. The Morgan fingerprint density at radius 3 is 2.56 bits per heavy atom. The Morgan fingerprint density at radius 2 is 1.89 bits per heavy atom. The van der Waals surface area contributed by atoms with Crippen molar-refractivity contribution in [1.82, 2.24) is 0 Å². The van der Waals surface area contributed by atoms with Gasteiger partial charge in [0.15, 0.2) is 11.5 Å². The molecule has 0 bridgehead atoms. The molecule has 0 aromatic heterocycles. The maximum absolute atomic E-state index is 10.5. The van der Waals surface area contributed by atoms with Gasteiger partial charge >= 0.3 is 0 Å². The van der Waals surface area contributed by atoms with Crippen molar-refractivity contribution in [2.24, 2.45) is 0 Å². The van der Waals surface area contributed by atoms with E-state index in [1.807, 2.05) is 0 Å². The summed E-state index contributed by atoms with van der Waals surface area (Å²) in [5, 5.41) is 10.7. The normalized spacial score (nSPS) is 10.3. The predicted octanol–water partition coefficient (Wildman–Crippen LogP) is 3.93. The van der Waals surface area contributed by atoms with Crippen molar-refractivity contribution in [2.45, 2.75) is 32.1 Å². The first-order valence-electron chi connectivity index (χ1n) is 6.25. The van der Waals surface area contributed by atoms with Crippen molar-refractivity contribution in [2.75, 3.05) is 11.9 Å². The summed E-state index contributed by atoms with van der Waals surface area (Å²) in [5.74, 6) is 0.472. The lowest BCUT2D eigenvalue weighted by molar-refractivity contribution is 0.112. The molecule has 0 radical (unpaired) electrons. The van der Waals surface area contributed by atoms with Crippen LogP contribution in [0.5, 0.6) is 11.5 Å². The molecule has 0 spiro atoms. The molecule has 0 aliphatic carbocycles. The summed E-state index contributed by atoms with van der Waals surface area (Å²) in [7, 11) is 0. The van der Waals surface area contributed by atoms with Gasteiger partial charge in [0.1, 0.15) is 6.29 Å². The average molecular weight is 315 g/mol. The van der Waals surface area contributed by atoms with Crippen LogP contribution in [0.3, 0.4) is 0 Å². The SMILES string of the molecule is O=Cc1ccc(OCCCCCCCBr)c(O)c1. The van der Waals surface area contributed by atoms with Crippen LogP contribution < -0.4 is 4.74 Å². The number of hydrogen-bond acceptors (Lipinski definition) is 3. The fourth-order valence-corrected chi connectivity index (χ4v) is 2.04. The summed E-state index contributed by atoms with van der Waals surface area (Å²) in [6.07, 6.45) is 6.50. The van der Waals surface area contributed by atoms with Crippen molar-refractivity contribution < 1.29 is 14.6 Å². The summed E-state index contributed by atoms with van der Waals surface area (Å²) < 4.78 is 5.47. The Bertz CT molecular complexity index is 366. The molecular formula is C14H19BrO3. The second-order valence-corrected chi connectivity index (χ2v) is 4.94. The van der Waals surface area contributed by atoms with Gasteiger partial charge in [-0.3, -0.25) is 4.79 Å². The van der Waals surface area contributed by atoms with E-state index in [9.17, 15) is 9.90 Å². The number of aldehydes is 1. The van der Waals surface area contributed by atoms with Crippen LogP contribution in [0.4, 0.5) is 0 Å². The molecule has 1 rings (SSSR count). The first kappa shape index (κ1) is 15.0. The van der Waals surface area contributed by atoms with Gasteiger partial charge in [0.05, 0.1) is 6.61 Å². The van der Waals surface area contributed by atoms with E-state index in [1.165, 1.54) is 25.3 Å². The molecule has 1 N–H and O–H groups in total. The molecule has 0 aliphatic rings. The van der Waals surface area contributed by atoms with Crippen molar-refractivity contribution in [3.05, 3.63) is 23.8 Å². The van der Waals surface area contributed by atoms with Crippen LogP contribution in [0.2, 0.25) is 0 Å². The molecule has 0 unspecified atom stereocenters. The van der Waals surface area contributed by atoms with Gasteiger partial charge in [0.2, 0.25) is 0 Å². The van der Waals surface area contributed by atoms with Crippen LogP contribution in [0, 0.1) is 0 Å². The zero-order chi connectivity index (χ0) is 13.2. The lowest BCUT2D eigenvalue weighted by Crippen LogP contribution is -1.98. The number of carbonyl (C=O) groups is 1. The van der Waals surface area contributed by atoms with Crippen molar-refractivity contribution >= 4 is 22.2 Å². The van der Waals surface area contributed by atoms with Gasteiger partial charge in [0.25, 0.3) is 0 Å². The van der Waals surface area contributed by atoms with Gasteiger partial charge in [-0.2, -0.15) is 0 Å². The number of carbonyl (C=O) groups excluding carboxylic acids is 1. The molecule has 4 heteroatoms. The molecule has 0 saturated heterocycles. The first-order chi connectivity index (χ1) is 8.77. The van der Waals surface area contributed by atoms with E-state index in [-0.39, 0.29) is 5.75 Å². The highest BCUT2D eigenvalue weighted by Crippen LogP contribution is 2.26. The Morgan fingerprint density at radius 1 is 1.17 bits per heavy atom. The smallest absolute Gasteiger partial charge is 0.160 e. The predicted molar refractivity (Wildman–Crippen MR) is 75.9 cm³/mol. The van der Waals surface area contributed by atoms with Gasteiger partial charge in [0, 0.05) is 10.9 Å². The van der Waals surface area contributed by atoms with E-state index in [4.69, 9.17) is 4.74 Å². The summed E-state index contributed by atoms with van der Waals surface area (Å²) in [6, 6.07) is 4.68. The zero-order valence-electron chi connectivity index (χ0n) is 10.4. The number of phenols is 1. The van der Waals surface area contributed by atoms with Crippen molar-refractivity contribution in [3.63, 3.8) is 0 Å². The van der Waals surface area contributed by atoms with E-state index >= 15 is 0 Å². The van der Waals surface area contributed by atoms with Crippen LogP contribution in [0.15, 0.2) is 18.2 Å². The molecule has 0 saturated carbocycles. The highest BCUT2D eigenvalue weighted by molar-refractivity contribution is 9.09. The summed E-state index contributed by atoms with van der Waals surface area (Å²) >= 11 is 3.41. The van der Waals surface area contributed by atoms with E-state index < -0.39 is 0 Å². The summed E-state index contributed by atoms with van der Waals surface area (Å²) in [6.45, 7) is 0.600. The molecule has 1 aromatic rings. The lowest BCUT2D eigenvalue weighted by atomic mass is 10.2. The quantitative estimate of drug-likeness (QED) is 0.427. The third-order valence-corrected chi connectivity index (χ3v) is 3.22. The minimum atomic E-state index is 0.0267. The molecule has 0 fully saturated rings. The number of ether oxygens (including phenoxy) is 1. The van der Waals surface area contributed by atoms with Crippen LogP contribution in [-0.4, -0.2) is 23.3 Å².